The van der Waals surface area contributed by atoms with Gasteiger partial charge in [0, 0.05) is 24.4 Å². The van der Waals surface area contributed by atoms with Crippen LogP contribution in [0.2, 0.25) is 0 Å². The summed E-state index contributed by atoms with van der Waals surface area (Å²) in [5, 5.41) is 15.6. The van der Waals surface area contributed by atoms with Gasteiger partial charge in [-0.2, -0.15) is 4.98 Å². The van der Waals surface area contributed by atoms with E-state index in [9.17, 15) is 14.0 Å². The Kier molecular flexibility index (Phi) is 5.29. The van der Waals surface area contributed by atoms with Crippen molar-refractivity contribution < 1.29 is 23.6 Å². The highest BCUT2D eigenvalue weighted by molar-refractivity contribution is 5.77. The van der Waals surface area contributed by atoms with Crippen molar-refractivity contribution in [3.05, 3.63) is 35.5 Å². The Morgan fingerprint density at radius 2 is 2.19 bits per heavy atom. The van der Waals surface area contributed by atoms with Crippen LogP contribution < -0.4 is 5.32 Å². The largest absolute Gasteiger partial charge is 0.481 e. The number of nitrogens with one attached hydrogen (secondary N) is 1. The number of aromatic nitrogens is 2. The number of carboxylic acids is 1. The average molecular weight is 361 g/mol. The predicted octanol–water partition coefficient (Wildman–Crippen LogP) is 2.49. The normalized spacial score (nSPS) is 19.5. The molecule has 2 N–H and O–H groups in total. The first-order chi connectivity index (χ1) is 12.4. The molecule has 3 rings (SSSR count). The summed E-state index contributed by atoms with van der Waals surface area (Å²) < 4.78 is 18.7. The van der Waals surface area contributed by atoms with E-state index < -0.39 is 5.97 Å². The Balaban J connectivity index is 1.51. The molecule has 7 nitrogen and oxygen atoms in total. The number of aliphatic carboxylic acids is 1. The van der Waals surface area contributed by atoms with Gasteiger partial charge in [-0.25, -0.2) is 4.39 Å². The van der Waals surface area contributed by atoms with Crippen LogP contribution in [0.4, 0.5) is 4.39 Å². The third-order valence-electron chi connectivity index (χ3n) is 4.61. The molecule has 1 saturated carbocycles. The van der Waals surface area contributed by atoms with Crippen molar-refractivity contribution in [2.75, 3.05) is 0 Å². The smallest absolute Gasteiger partial charge is 0.306 e. The summed E-state index contributed by atoms with van der Waals surface area (Å²) in [6, 6.07) is 4.59. The van der Waals surface area contributed by atoms with Crippen molar-refractivity contribution in [2.24, 2.45) is 5.92 Å². The number of rotatable bonds is 6. The lowest BCUT2D eigenvalue weighted by Crippen LogP contribution is -2.33. The number of hydrogen-bond acceptors (Lipinski definition) is 5. The van der Waals surface area contributed by atoms with Crippen molar-refractivity contribution in [3.8, 4) is 11.4 Å². The number of carbonyl (C=O) groups is 2. The molecule has 0 unspecified atom stereocenters. The molecule has 1 heterocycles. The first-order valence-electron chi connectivity index (χ1n) is 8.53. The third-order valence-corrected chi connectivity index (χ3v) is 4.61. The molecule has 0 aliphatic heterocycles. The number of benzene rings is 1. The molecule has 0 saturated heterocycles. The second kappa shape index (κ2) is 7.63. The Hall–Kier alpha value is -2.77. The monoisotopic (exact) mass is 361 g/mol. The van der Waals surface area contributed by atoms with E-state index in [1.54, 1.807) is 19.1 Å². The molecule has 26 heavy (non-hydrogen) atoms. The van der Waals surface area contributed by atoms with Crippen LogP contribution >= 0.6 is 0 Å². The number of halogens is 1. The Morgan fingerprint density at radius 1 is 1.38 bits per heavy atom. The minimum absolute atomic E-state index is 0.0996. The zero-order chi connectivity index (χ0) is 18.7. The maximum Gasteiger partial charge on any atom is 0.306 e. The summed E-state index contributed by atoms with van der Waals surface area (Å²) in [4.78, 5) is 27.1. The minimum Gasteiger partial charge on any atom is -0.481 e. The lowest BCUT2D eigenvalue weighted by Gasteiger charge is -2.11. The van der Waals surface area contributed by atoms with Crippen LogP contribution in [-0.2, 0) is 16.0 Å². The molecule has 0 radical (unpaired) electrons. The van der Waals surface area contributed by atoms with Crippen molar-refractivity contribution in [2.45, 2.75) is 45.1 Å². The number of amides is 1. The maximum absolute atomic E-state index is 13.6. The van der Waals surface area contributed by atoms with Gasteiger partial charge >= 0.3 is 5.97 Å². The molecule has 2 aromatic rings. The molecule has 0 bridgehead atoms. The van der Waals surface area contributed by atoms with E-state index in [2.05, 4.69) is 15.5 Å². The molecule has 1 amide bonds. The van der Waals surface area contributed by atoms with Crippen molar-refractivity contribution in [3.63, 3.8) is 0 Å². The van der Waals surface area contributed by atoms with Gasteiger partial charge in [0.2, 0.25) is 17.6 Å². The van der Waals surface area contributed by atoms with Gasteiger partial charge in [-0.05, 0) is 37.8 Å². The van der Waals surface area contributed by atoms with Gasteiger partial charge in [-0.1, -0.05) is 17.3 Å². The van der Waals surface area contributed by atoms with E-state index in [-0.39, 0.29) is 42.4 Å². The number of nitrogens with zero attached hydrogens (tertiary/aromatic N) is 2. The summed E-state index contributed by atoms with van der Waals surface area (Å²) >= 11 is 0. The van der Waals surface area contributed by atoms with Gasteiger partial charge in [0.05, 0.1) is 5.92 Å². The standard InChI is InChI=1S/C18H20FN3O4/c1-10-2-3-11(9-14(10)19)17-21-16(26-22-17)7-6-15(23)20-13-5-4-12(8-13)18(24)25/h2-3,9,12-13H,4-8H2,1H3,(H,20,23)(H,24,25)/t12-,13+/m0/s1. The summed E-state index contributed by atoms with van der Waals surface area (Å²) in [7, 11) is 0. The van der Waals surface area contributed by atoms with E-state index in [1.165, 1.54) is 6.07 Å². The first-order valence-corrected chi connectivity index (χ1v) is 8.53. The summed E-state index contributed by atoms with van der Waals surface area (Å²) in [5.74, 6) is -1.14. The lowest BCUT2D eigenvalue weighted by molar-refractivity contribution is -0.141. The van der Waals surface area contributed by atoms with Crippen LogP contribution in [0.25, 0.3) is 11.4 Å². The first kappa shape index (κ1) is 18.0. The zero-order valence-corrected chi connectivity index (χ0v) is 14.4. The number of hydrogen-bond donors (Lipinski definition) is 2. The van der Waals surface area contributed by atoms with Crippen molar-refractivity contribution in [1.29, 1.82) is 0 Å². The quantitative estimate of drug-likeness (QED) is 0.819. The molecule has 8 heteroatoms. The second-order valence-electron chi connectivity index (χ2n) is 6.59. The van der Waals surface area contributed by atoms with Gasteiger partial charge in [0.1, 0.15) is 5.82 Å². The Labute approximate surface area is 149 Å². The Morgan fingerprint density at radius 3 is 2.88 bits per heavy atom. The van der Waals surface area contributed by atoms with E-state index in [1.807, 2.05) is 0 Å². The van der Waals surface area contributed by atoms with Crippen LogP contribution in [0.15, 0.2) is 22.7 Å². The molecule has 2 atom stereocenters. The highest BCUT2D eigenvalue weighted by atomic mass is 19.1. The van der Waals surface area contributed by atoms with Gasteiger partial charge in [0.15, 0.2) is 0 Å². The number of carboxylic acid groups (broad SMARTS) is 1. The van der Waals surface area contributed by atoms with Gasteiger partial charge in [0.25, 0.3) is 0 Å². The van der Waals surface area contributed by atoms with E-state index in [0.29, 0.717) is 36.3 Å². The molecular formula is C18H20FN3O4. The van der Waals surface area contributed by atoms with Crippen molar-refractivity contribution in [1.82, 2.24) is 15.5 Å². The van der Waals surface area contributed by atoms with Crippen LogP contribution in [0.1, 0.15) is 37.1 Å². The SMILES string of the molecule is Cc1ccc(-c2noc(CCC(=O)N[C@@H]3CC[C@H](C(=O)O)C3)n2)cc1F. The predicted molar refractivity (Wildman–Crippen MR) is 89.7 cm³/mol. The van der Waals surface area contributed by atoms with Crippen LogP contribution in [0, 0.1) is 18.7 Å². The molecule has 1 aliphatic carbocycles. The zero-order valence-electron chi connectivity index (χ0n) is 14.4. The highest BCUT2D eigenvalue weighted by Gasteiger charge is 2.30. The van der Waals surface area contributed by atoms with Crippen LogP contribution in [-0.4, -0.2) is 33.2 Å². The number of aryl methyl sites for hydroxylation is 2. The maximum atomic E-state index is 13.6. The summed E-state index contributed by atoms with van der Waals surface area (Å²) in [6.45, 7) is 1.67. The lowest BCUT2D eigenvalue weighted by atomic mass is 10.1. The number of carbonyl (C=O) groups excluding carboxylic acids is 1. The van der Waals surface area contributed by atoms with E-state index in [0.717, 1.165) is 0 Å². The fraction of sp³-hybridized carbons (Fsp3) is 0.444. The fourth-order valence-electron chi connectivity index (χ4n) is 3.06. The molecule has 1 aromatic heterocycles. The molecule has 0 spiro atoms. The molecule has 1 fully saturated rings. The highest BCUT2D eigenvalue weighted by Crippen LogP contribution is 2.25. The van der Waals surface area contributed by atoms with Crippen molar-refractivity contribution >= 4 is 11.9 Å². The van der Waals surface area contributed by atoms with Gasteiger partial charge in [-0.3, -0.25) is 9.59 Å². The molecule has 138 valence electrons. The molecule has 1 aliphatic rings. The average Bonchev–Trinajstić information content (AvgIpc) is 3.25. The van der Waals surface area contributed by atoms with E-state index >= 15 is 0 Å². The Bertz CT molecular complexity index is 821. The summed E-state index contributed by atoms with van der Waals surface area (Å²) in [5.41, 5.74) is 1.05. The topological polar surface area (TPSA) is 105 Å². The third kappa shape index (κ3) is 4.25. The van der Waals surface area contributed by atoms with Gasteiger partial charge < -0.3 is 14.9 Å². The van der Waals surface area contributed by atoms with Crippen LogP contribution in [0.3, 0.4) is 0 Å². The second-order valence-corrected chi connectivity index (χ2v) is 6.59. The van der Waals surface area contributed by atoms with Crippen LogP contribution in [0.5, 0.6) is 0 Å². The molecular weight excluding hydrogens is 341 g/mol. The van der Waals surface area contributed by atoms with E-state index in [4.69, 9.17) is 9.63 Å². The molecule has 1 aromatic carbocycles. The summed E-state index contributed by atoms with van der Waals surface area (Å²) in [6.07, 6.45) is 2.15. The fourth-order valence-corrected chi connectivity index (χ4v) is 3.06. The minimum atomic E-state index is -0.812. The van der Waals surface area contributed by atoms with Gasteiger partial charge in [-0.15, -0.1) is 0 Å².